The van der Waals surface area contributed by atoms with Gasteiger partial charge in [0.05, 0.1) is 16.8 Å². The van der Waals surface area contributed by atoms with E-state index >= 15 is 0 Å². The summed E-state index contributed by atoms with van der Waals surface area (Å²) >= 11 is 9.34. The van der Waals surface area contributed by atoms with Crippen LogP contribution >= 0.6 is 27.5 Å². The highest BCUT2D eigenvalue weighted by Crippen LogP contribution is 2.21. The van der Waals surface area contributed by atoms with Crippen LogP contribution in [0.25, 0.3) is 0 Å². The SMILES string of the molecule is CC(NC(=O)c1ccc(N)c(Cl)c1)c1cccc(Br)c1. The molecule has 1 unspecified atom stereocenters. The van der Waals surface area contributed by atoms with E-state index in [0.717, 1.165) is 10.0 Å². The zero-order valence-corrected chi connectivity index (χ0v) is 13.2. The predicted molar refractivity (Wildman–Crippen MR) is 85.9 cm³/mol. The van der Waals surface area contributed by atoms with Crippen molar-refractivity contribution in [3.63, 3.8) is 0 Å². The van der Waals surface area contributed by atoms with Gasteiger partial charge in [0.1, 0.15) is 0 Å². The van der Waals surface area contributed by atoms with Gasteiger partial charge < -0.3 is 11.1 Å². The quantitative estimate of drug-likeness (QED) is 0.813. The molecule has 5 heteroatoms. The van der Waals surface area contributed by atoms with Crippen molar-refractivity contribution >= 4 is 39.1 Å². The van der Waals surface area contributed by atoms with Gasteiger partial charge in [0.2, 0.25) is 0 Å². The molecule has 0 spiro atoms. The molecule has 3 N–H and O–H groups in total. The lowest BCUT2D eigenvalue weighted by Crippen LogP contribution is -2.26. The summed E-state index contributed by atoms with van der Waals surface area (Å²) in [6.45, 7) is 1.93. The second-order valence-electron chi connectivity index (χ2n) is 4.49. The highest BCUT2D eigenvalue weighted by molar-refractivity contribution is 9.10. The largest absolute Gasteiger partial charge is 0.398 e. The molecule has 0 aliphatic carbocycles. The lowest BCUT2D eigenvalue weighted by molar-refractivity contribution is 0.0940. The maximum absolute atomic E-state index is 12.2. The van der Waals surface area contributed by atoms with Crippen LogP contribution in [0.5, 0.6) is 0 Å². The average molecular weight is 354 g/mol. The Morgan fingerprint density at radius 1 is 1.30 bits per heavy atom. The summed E-state index contributed by atoms with van der Waals surface area (Å²) in [6, 6.07) is 12.6. The molecule has 0 fully saturated rings. The van der Waals surface area contributed by atoms with E-state index in [0.29, 0.717) is 16.3 Å². The number of nitrogens with one attached hydrogen (secondary N) is 1. The van der Waals surface area contributed by atoms with Crippen LogP contribution in [0.3, 0.4) is 0 Å². The van der Waals surface area contributed by atoms with Gasteiger partial charge >= 0.3 is 0 Å². The lowest BCUT2D eigenvalue weighted by atomic mass is 10.1. The number of rotatable bonds is 3. The average Bonchev–Trinajstić information content (AvgIpc) is 2.41. The number of anilines is 1. The molecule has 1 amide bonds. The van der Waals surface area contributed by atoms with E-state index in [1.807, 2.05) is 31.2 Å². The molecule has 0 bridgehead atoms. The van der Waals surface area contributed by atoms with E-state index < -0.39 is 0 Å². The minimum Gasteiger partial charge on any atom is -0.398 e. The van der Waals surface area contributed by atoms with E-state index in [4.69, 9.17) is 17.3 Å². The van der Waals surface area contributed by atoms with E-state index in [1.54, 1.807) is 18.2 Å². The number of nitrogen functional groups attached to an aromatic ring is 1. The minimum atomic E-state index is -0.181. The predicted octanol–water partition coefficient (Wildman–Crippen LogP) is 4.18. The van der Waals surface area contributed by atoms with Crippen molar-refractivity contribution in [3.05, 3.63) is 63.1 Å². The van der Waals surface area contributed by atoms with Crippen molar-refractivity contribution in [1.82, 2.24) is 5.32 Å². The molecule has 0 saturated carbocycles. The van der Waals surface area contributed by atoms with E-state index in [2.05, 4.69) is 21.2 Å². The number of nitrogens with two attached hydrogens (primary N) is 1. The van der Waals surface area contributed by atoms with Crippen LogP contribution in [0.2, 0.25) is 5.02 Å². The standard InChI is InChI=1S/C15H14BrClN2O/c1-9(10-3-2-4-12(16)7-10)19-15(20)11-5-6-14(18)13(17)8-11/h2-9H,18H2,1H3,(H,19,20). The van der Waals surface area contributed by atoms with Crippen molar-refractivity contribution < 1.29 is 4.79 Å². The molecule has 0 radical (unpaired) electrons. The number of amides is 1. The van der Waals surface area contributed by atoms with Crippen molar-refractivity contribution in [2.24, 2.45) is 0 Å². The summed E-state index contributed by atoms with van der Waals surface area (Å²) in [5, 5.41) is 3.31. The third-order valence-corrected chi connectivity index (χ3v) is 3.78. The van der Waals surface area contributed by atoms with Crippen molar-refractivity contribution in [2.75, 3.05) is 5.73 Å². The van der Waals surface area contributed by atoms with Crippen LogP contribution in [0.4, 0.5) is 5.69 Å². The van der Waals surface area contributed by atoms with Crippen LogP contribution in [0.15, 0.2) is 46.9 Å². The van der Waals surface area contributed by atoms with Crippen LogP contribution in [-0.4, -0.2) is 5.91 Å². The van der Waals surface area contributed by atoms with Gasteiger partial charge in [-0.2, -0.15) is 0 Å². The van der Waals surface area contributed by atoms with Crippen LogP contribution in [0, 0.1) is 0 Å². The van der Waals surface area contributed by atoms with Gasteiger partial charge in [-0.25, -0.2) is 0 Å². The molecular weight excluding hydrogens is 340 g/mol. The molecule has 3 nitrogen and oxygen atoms in total. The lowest BCUT2D eigenvalue weighted by Gasteiger charge is -2.15. The van der Waals surface area contributed by atoms with Crippen molar-refractivity contribution in [1.29, 1.82) is 0 Å². The molecule has 2 rings (SSSR count). The highest BCUT2D eigenvalue weighted by atomic mass is 79.9. The summed E-state index contributed by atoms with van der Waals surface area (Å²) in [6.07, 6.45) is 0. The Labute approximate surface area is 131 Å². The van der Waals surface area contributed by atoms with Gasteiger partial charge in [-0.3, -0.25) is 4.79 Å². The second-order valence-corrected chi connectivity index (χ2v) is 5.81. The maximum Gasteiger partial charge on any atom is 0.251 e. The monoisotopic (exact) mass is 352 g/mol. The Balaban J connectivity index is 2.13. The van der Waals surface area contributed by atoms with E-state index in [9.17, 15) is 4.79 Å². The summed E-state index contributed by atoms with van der Waals surface area (Å²) in [7, 11) is 0. The van der Waals surface area contributed by atoms with Gasteiger partial charge in [-0.15, -0.1) is 0 Å². The fourth-order valence-electron chi connectivity index (χ4n) is 1.81. The molecule has 2 aromatic rings. The number of benzene rings is 2. The molecule has 0 aliphatic heterocycles. The Kier molecular flexibility index (Phi) is 4.68. The Hall–Kier alpha value is -1.52. The third kappa shape index (κ3) is 3.52. The molecule has 20 heavy (non-hydrogen) atoms. The Bertz CT molecular complexity index is 646. The smallest absolute Gasteiger partial charge is 0.251 e. The van der Waals surface area contributed by atoms with E-state index in [-0.39, 0.29) is 11.9 Å². The molecular formula is C15H14BrClN2O. The second kappa shape index (κ2) is 6.29. The topological polar surface area (TPSA) is 55.1 Å². The first-order chi connectivity index (χ1) is 9.47. The first kappa shape index (κ1) is 14.9. The number of hydrogen-bond donors (Lipinski definition) is 2. The Morgan fingerprint density at radius 2 is 2.05 bits per heavy atom. The highest BCUT2D eigenvalue weighted by Gasteiger charge is 2.12. The fourth-order valence-corrected chi connectivity index (χ4v) is 2.41. The molecule has 0 saturated heterocycles. The summed E-state index contributed by atoms with van der Waals surface area (Å²) < 4.78 is 0.978. The molecule has 0 heterocycles. The first-order valence-corrected chi connectivity index (χ1v) is 7.26. The van der Waals surface area contributed by atoms with Crippen LogP contribution in [0.1, 0.15) is 28.9 Å². The van der Waals surface area contributed by atoms with Crippen LogP contribution in [-0.2, 0) is 0 Å². The fraction of sp³-hybridized carbons (Fsp3) is 0.133. The van der Waals surface area contributed by atoms with Gasteiger partial charge in [0.25, 0.3) is 5.91 Å². The van der Waals surface area contributed by atoms with Crippen molar-refractivity contribution in [3.8, 4) is 0 Å². The van der Waals surface area contributed by atoms with E-state index in [1.165, 1.54) is 0 Å². The molecule has 1 atom stereocenters. The van der Waals surface area contributed by atoms with Gasteiger partial charge in [-0.05, 0) is 42.8 Å². The number of halogens is 2. The zero-order chi connectivity index (χ0) is 14.7. The normalized spacial score (nSPS) is 11.9. The Morgan fingerprint density at radius 3 is 2.70 bits per heavy atom. The minimum absolute atomic E-state index is 0.101. The summed E-state index contributed by atoms with van der Waals surface area (Å²) in [4.78, 5) is 12.2. The molecule has 0 aliphatic rings. The van der Waals surface area contributed by atoms with Gasteiger partial charge in [0, 0.05) is 10.0 Å². The third-order valence-electron chi connectivity index (χ3n) is 2.96. The summed E-state index contributed by atoms with van der Waals surface area (Å²) in [5.41, 5.74) is 7.60. The van der Waals surface area contributed by atoms with Crippen LogP contribution < -0.4 is 11.1 Å². The summed E-state index contributed by atoms with van der Waals surface area (Å²) in [5.74, 6) is -0.181. The van der Waals surface area contributed by atoms with Crippen molar-refractivity contribution in [2.45, 2.75) is 13.0 Å². The molecule has 0 aromatic heterocycles. The first-order valence-electron chi connectivity index (χ1n) is 6.08. The number of carbonyl (C=O) groups is 1. The number of carbonyl (C=O) groups excluding carboxylic acids is 1. The van der Waals surface area contributed by atoms with Gasteiger partial charge in [-0.1, -0.05) is 39.7 Å². The zero-order valence-electron chi connectivity index (χ0n) is 10.9. The molecule has 2 aromatic carbocycles. The molecule has 104 valence electrons. The maximum atomic E-state index is 12.2. The van der Waals surface area contributed by atoms with Gasteiger partial charge in [0.15, 0.2) is 0 Å². The number of hydrogen-bond acceptors (Lipinski definition) is 2.